The van der Waals surface area contributed by atoms with Crippen LogP contribution in [0.25, 0.3) is 148 Å². The molecule has 314 valence electrons. The van der Waals surface area contributed by atoms with Crippen molar-refractivity contribution in [2.75, 3.05) is 0 Å². The molecule has 0 spiro atoms. The van der Waals surface area contributed by atoms with Crippen LogP contribution in [0.5, 0.6) is 0 Å². The summed E-state index contributed by atoms with van der Waals surface area (Å²) in [6.07, 6.45) is 0. The first-order valence-electron chi connectivity index (χ1n) is 23.1. The molecule has 3 heterocycles. The predicted octanol–water partition coefficient (Wildman–Crippen LogP) is 16.8. The van der Waals surface area contributed by atoms with Gasteiger partial charge in [0.25, 0.3) is 0 Å². The lowest BCUT2D eigenvalue weighted by Crippen LogP contribution is -2.04. The van der Waals surface area contributed by atoms with Crippen LogP contribution in [-0.2, 0) is 0 Å². The summed E-state index contributed by atoms with van der Waals surface area (Å²) in [4.78, 5) is 16.5. The first kappa shape index (κ1) is 37.1. The van der Waals surface area contributed by atoms with Gasteiger partial charge < -0.3 is 8.98 Å². The van der Waals surface area contributed by atoms with Crippen molar-refractivity contribution < 1.29 is 4.42 Å². The molecule has 0 N–H and O–H groups in total. The Morgan fingerprint density at radius 3 is 1.46 bits per heavy atom. The van der Waals surface area contributed by atoms with Crippen molar-refractivity contribution in [1.82, 2.24) is 19.5 Å². The zero-order valence-electron chi connectivity index (χ0n) is 36.5. The normalized spacial score (nSPS) is 12.1. The molecule has 0 aliphatic rings. The number of furan rings is 1. The number of hydrogen-bond donors (Lipinski definition) is 0. The molecule has 0 radical (unpaired) electrons. The first-order valence-corrected chi connectivity index (χ1v) is 23.1. The smallest absolute Gasteiger partial charge is 0.166 e. The second kappa shape index (κ2) is 14.2. The minimum Gasteiger partial charge on any atom is -0.456 e. The van der Waals surface area contributed by atoms with E-state index in [2.05, 4.69) is 211 Å². The number of fused-ring (bicyclic) bond motifs is 15. The minimum absolute atomic E-state index is 0.561. The summed E-state index contributed by atoms with van der Waals surface area (Å²) in [7, 11) is 0. The zero-order chi connectivity index (χ0) is 44.5. The maximum Gasteiger partial charge on any atom is 0.166 e. The molecule has 0 aliphatic heterocycles. The Balaban J connectivity index is 1.07. The summed E-state index contributed by atoms with van der Waals surface area (Å²) in [5, 5.41) is 18.6. The minimum atomic E-state index is 0.561. The molecule has 15 rings (SSSR count). The first-order chi connectivity index (χ1) is 33.7. The van der Waals surface area contributed by atoms with Gasteiger partial charge in [0.15, 0.2) is 17.5 Å². The number of aromatic nitrogens is 4. The maximum absolute atomic E-state index is 6.69. The van der Waals surface area contributed by atoms with E-state index in [1.54, 1.807) is 0 Å². The monoisotopic (exact) mass is 864 g/mol. The van der Waals surface area contributed by atoms with Gasteiger partial charge in [-0.15, -0.1) is 0 Å². The van der Waals surface area contributed by atoms with Crippen LogP contribution in [0.4, 0.5) is 0 Å². The van der Waals surface area contributed by atoms with Gasteiger partial charge in [0.05, 0.1) is 22.3 Å². The van der Waals surface area contributed by atoms with Crippen LogP contribution in [0.1, 0.15) is 0 Å². The fourth-order valence-corrected chi connectivity index (χ4v) is 11.0. The number of para-hydroxylation sites is 1. The molecule has 12 aromatic carbocycles. The van der Waals surface area contributed by atoms with E-state index in [1.165, 1.54) is 64.6 Å². The van der Waals surface area contributed by atoms with Crippen LogP contribution in [0.15, 0.2) is 223 Å². The van der Waals surface area contributed by atoms with Crippen molar-refractivity contribution in [3.8, 4) is 39.9 Å². The lowest BCUT2D eigenvalue weighted by atomic mass is 9.99. The van der Waals surface area contributed by atoms with E-state index in [4.69, 9.17) is 19.4 Å². The molecule has 0 bridgehead atoms. The largest absolute Gasteiger partial charge is 0.456 e. The third-order valence-electron chi connectivity index (χ3n) is 14.1. The Morgan fingerprint density at radius 1 is 0.294 bits per heavy atom. The van der Waals surface area contributed by atoms with Crippen LogP contribution in [0, 0.1) is 0 Å². The molecule has 5 heteroatoms. The van der Waals surface area contributed by atoms with Gasteiger partial charge in [0.1, 0.15) is 11.2 Å². The van der Waals surface area contributed by atoms with E-state index < -0.39 is 0 Å². The van der Waals surface area contributed by atoms with Gasteiger partial charge >= 0.3 is 0 Å². The van der Waals surface area contributed by atoms with Crippen molar-refractivity contribution in [3.63, 3.8) is 0 Å². The van der Waals surface area contributed by atoms with Gasteiger partial charge in [0, 0.05) is 32.7 Å². The number of hydrogen-bond acceptors (Lipinski definition) is 4. The molecule has 68 heavy (non-hydrogen) atoms. The summed E-state index contributed by atoms with van der Waals surface area (Å²) in [5.74, 6) is 1.74. The average Bonchev–Trinajstić information content (AvgIpc) is 3.94. The van der Waals surface area contributed by atoms with E-state index in [0.717, 1.165) is 66.1 Å². The molecule has 0 aliphatic carbocycles. The van der Waals surface area contributed by atoms with Gasteiger partial charge in [0.2, 0.25) is 0 Å². The third-order valence-corrected chi connectivity index (χ3v) is 14.1. The Morgan fingerprint density at radius 2 is 0.794 bits per heavy atom. The lowest BCUT2D eigenvalue weighted by Gasteiger charge is -2.16. The van der Waals surface area contributed by atoms with Gasteiger partial charge in [-0.25, -0.2) is 15.0 Å². The van der Waals surface area contributed by atoms with Crippen LogP contribution in [0.3, 0.4) is 0 Å². The second-order valence-corrected chi connectivity index (χ2v) is 17.9. The summed E-state index contributed by atoms with van der Waals surface area (Å²) in [6, 6.07) is 78.2. The predicted molar refractivity (Wildman–Crippen MR) is 283 cm³/mol. The standard InChI is InChI=1S/C63H36N4O/c1-2-15-41-36-55-52(35-40(41)14-1)58-50-18-8-5-13-39(50)27-30-53(58)67(55)54-31-32-57-59(51-19-9-10-20-56(51)68-57)60(54)63-65-61(44-25-28-48-42(33-44)23-21-37-11-3-6-16-46(37)48)64-62(66-63)45-26-29-49-43(34-45)24-22-38-12-4-7-17-47(38)49/h1-36H. The molecule has 0 unspecified atom stereocenters. The molecule has 3 aromatic heterocycles. The Kier molecular flexibility index (Phi) is 7.72. The van der Waals surface area contributed by atoms with Crippen LogP contribution in [0.2, 0.25) is 0 Å². The number of rotatable bonds is 4. The summed E-state index contributed by atoms with van der Waals surface area (Å²) in [6.45, 7) is 0. The zero-order valence-corrected chi connectivity index (χ0v) is 36.5. The quantitative estimate of drug-likeness (QED) is 0.165. The number of nitrogens with zero attached hydrogens (tertiary/aromatic N) is 4. The van der Waals surface area contributed by atoms with E-state index in [-0.39, 0.29) is 0 Å². The van der Waals surface area contributed by atoms with Gasteiger partial charge in [-0.2, -0.15) is 0 Å². The molecule has 0 saturated carbocycles. The van der Waals surface area contributed by atoms with E-state index in [9.17, 15) is 0 Å². The Hall–Kier alpha value is -9.19. The number of benzene rings is 12. The highest BCUT2D eigenvalue weighted by Crippen LogP contribution is 2.45. The van der Waals surface area contributed by atoms with Crippen molar-refractivity contribution in [2.24, 2.45) is 0 Å². The van der Waals surface area contributed by atoms with Gasteiger partial charge in [-0.05, 0) is 113 Å². The Labute approximate surface area is 388 Å². The second-order valence-electron chi connectivity index (χ2n) is 17.9. The summed E-state index contributed by atoms with van der Waals surface area (Å²) < 4.78 is 9.12. The third kappa shape index (κ3) is 5.47. The maximum atomic E-state index is 6.69. The van der Waals surface area contributed by atoms with Gasteiger partial charge in [-0.3, -0.25) is 0 Å². The highest BCUT2D eigenvalue weighted by atomic mass is 16.3. The van der Waals surface area contributed by atoms with Crippen LogP contribution in [-0.4, -0.2) is 19.5 Å². The van der Waals surface area contributed by atoms with Crippen molar-refractivity contribution in [2.45, 2.75) is 0 Å². The van der Waals surface area contributed by atoms with Crippen molar-refractivity contribution >= 4 is 108 Å². The molecule has 0 fully saturated rings. The van der Waals surface area contributed by atoms with Crippen molar-refractivity contribution in [1.29, 1.82) is 0 Å². The summed E-state index contributed by atoms with van der Waals surface area (Å²) >= 11 is 0. The molecule has 5 nitrogen and oxygen atoms in total. The highest BCUT2D eigenvalue weighted by Gasteiger charge is 2.25. The van der Waals surface area contributed by atoms with Crippen LogP contribution < -0.4 is 0 Å². The molecular weight excluding hydrogens is 829 g/mol. The lowest BCUT2D eigenvalue weighted by molar-refractivity contribution is 0.669. The molecule has 0 saturated heterocycles. The fraction of sp³-hybridized carbons (Fsp3) is 0. The molecular formula is C63H36N4O. The Bertz CT molecular complexity index is 4500. The highest BCUT2D eigenvalue weighted by molar-refractivity contribution is 6.24. The molecule has 15 aromatic rings. The van der Waals surface area contributed by atoms with E-state index >= 15 is 0 Å². The van der Waals surface area contributed by atoms with E-state index in [0.29, 0.717) is 17.5 Å². The van der Waals surface area contributed by atoms with Crippen molar-refractivity contribution in [3.05, 3.63) is 218 Å². The SMILES string of the molecule is c1ccc2cc3c(cc2c1)c1c2ccccc2ccc1n3-c1ccc2oc3ccccc3c2c1-c1nc(-c2ccc3c(ccc4ccccc43)c2)nc(-c2ccc3c(ccc4ccccc43)c2)n1. The molecule has 0 amide bonds. The van der Waals surface area contributed by atoms with Crippen LogP contribution >= 0.6 is 0 Å². The topological polar surface area (TPSA) is 56.7 Å². The fourth-order valence-electron chi connectivity index (χ4n) is 11.0. The van der Waals surface area contributed by atoms with E-state index in [1.807, 2.05) is 12.1 Å². The summed E-state index contributed by atoms with van der Waals surface area (Å²) in [5.41, 5.74) is 7.40. The average molecular weight is 865 g/mol. The molecule has 0 atom stereocenters. The van der Waals surface area contributed by atoms with Gasteiger partial charge in [-0.1, -0.05) is 170 Å².